The number of hydrogen-bond donors (Lipinski definition) is 2. The van der Waals surface area contributed by atoms with Crippen molar-refractivity contribution in [1.29, 1.82) is 0 Å². The summed E-state index contributed by atoms with van der Waals surface area (Å²) in [4.78, 5) is 10.1. The average molecular weight is 488 g/mol. The zero-order chi connectivity index (χ0) is 18.2. The molecule has 0 unspecified atom stereocenters. The molecule has 0 radical (unpaired) electrons. The number of rotatable bonds is 7. The summed E-state index contributed by atoms with van der Waals surface area (Å²) < 4.78 is 5.43. The molecule has 0 aliphatic carbocycles. The van der Waals surface area contributed by atoms with Crippen LogP contribution in [-0.2, 0) is 12.8 Å². The van der Waals surface area contributed by atoms with Gasteiger partial charge in [-0.2, -0.15) is 0 Å². The first-order chi connectivity index (χ1) is 12.0. The summed E-state index contributed by atoms with van der Waals surface area (Å²) in [6.45, 7) is 7.86. The molecule has 2 N–H and O–H groups in total. The van der Waals surface area contributed by atoms with Crippen LogP contribution in [0.5, 0.6) is 5.75 Å². The van der Waals surface area contributed by atoms with E-state index >= 15 is 0 Å². The molecule has 0 saturated heterocycles. The van der Waals surface area contributed by atoms with E-state index in [0.717, 1.165) is 48.3 Å². The highest BCUT2D eigenvalue weighted by atomic mass is 127. The topological polar surface area (TPSA) is 58.5 Å². The quantitative estimate of drug-likeness (QED) is 0.355. The Balaban J connectivity index is 0.00000338. The summed E-state index contributed by atoms with van der Waals surface area (Å²) in [5.74, 6) is 1.76. The third kappa shape index (κ3) is 6.75. The molecule has 0 aliphatic heterocycles. The van der Waals surface area contributed by atoms with Crippen molar-refractivity contribution in [1.82, 2.24) is 15.6 Å². The maximum atomic E-state index is 5.43. The molecule has 0 spiro atoms. The molecule has 2 aromatic rings. The van der Waals surface area contributed by atoms with Crippen LogP contribution in [0.3, 0.4) is 0 Å². The van der Waals surface area contributed by atoms with Crippen molar-refractivity contribution in [3.05, 3.63) is 44.9 Å². The fourth-order valence-electron chi connectivity index (χ4n) is 2.74. The number of guanidine groups is 1. The van der Waals surface area contributed by atoms with E-state index in [1.54, 1.807) is 25.5 Å². The number of aryl methyl sites for hydroxylation is 3. The molecule has 0 amide bonds. The van der Waals surface area contributed by atoms with E-state index in [-0.39, 0.29) is 24.0 Å². The van der Waals surface area contributed by atoms with Gasteiger partial charge in [0, 0.05) is 31.4 Å². The third-order valence-electron chi connectivity index (χ3n) is 3.99. The molecule has 144 valence electrons. The first kappa shape index (κ1) is 22.7. The molecule has 1 aromatic carbocycles. The Labute approximate surface area is 177 Å². The zero-order valence-corrected chi connectivity index (χ0v) is 19.3. The summed E-state index contributed by atoms with van der Waals surface area (Å²) in [5.41, 5.74) is 3.59. The summed E-state index contributed by atoms with van der Waals surface area (Å²) >= 11 is 1.77. The average Bonchev–Trinajstić information content (AvgIpc) is 2.91. The van der Waals surface area contributed by atoms with E-state index in [9.17, 15) is 0 Å². The minimum atomic E-state index is 0. The predicted octanol–water partition coefficient (Wildman–Crippen LogP) is 3.65. The van der Waals surface area contributed by atoms with Crippen molar-refractivity contribution in [2.75, 3.05) is 27.2 Å². The minimum Gasteiger partial charge on any atom is -0.496 e. The Morgan fingerprint density at radius 3 is 2.42 bits per heavy atom. The van der Waals surface area contributed by atoms with Gasteiger partial charge in [0.1, 0.15) is 5.75 Å². The first-order valence-corrected chi connectivity index (χ1v) is 9.36. The SMILES string of the molecule is CN=C(NCCc1cc(C)ccc1OC)NCCc1sc(C)nc1C.I. The lowest BCUT2D eigenvalue weighted by molar-refractivity contribution is 0.409. The Hall–Kier alpha value is -1.35. The van der Waals surface area contributed by atoms with Crippen molar-refractivity contribution in [3.8, 4) is 5.75 Å². The van der Waals surface area contributed by atoms with Crippen LogP contribution in [0.2, 0.25) is 0 Å². The smallest absolute Gasteiger partial charge is 0.190 e. The van der Waals surface area contributed by atoms with Gasteiger partial charge in [-0.15, -0.1) is 35.3 Å². The molecule has 7 heteroatoms. The molecule has 0 atom stereocenters. The second-order valence-corrected chi connectivity index (χ2v) is 7.27. The molecule has 5 nitrogen and oxygen atoms in total. The number of nitrogens with zero attached hydrogens (tertiary/aromatic N) is 2. The number of nitrogens with one attached hydrogen (secondary N) is 2. The fourth-order valence-corrected chi connectivity index (χ4v) is 3.68. The highest BCUT2D eigenvalue weighted by Crippen LogP contribution is 2.19. The van der Waals surface area contributed by atoms with Gasteiger partial charge in [0.15, 0.2) is 5.96 Å². The summed E-state index contributed by atoms with van der Waals surface area (Å²) in [6.07, 6.45) is 1.85. The highest BCUT2D eigenvalue weighted by Gasteiger charge is 2.06. The van der Waals surface area contributed by atoms with Gasteiger partial charge in [-0.25, -0.2) is 4.98 Å². The van der Waals surface area contributed by atoms with E-state index in [1.165, 1.54) is 16.0 Å². The van der Waals surface area contributed by atoms with Crippen molar-refractivity contribution in [3.63, 3.8) is 0 Å². The second-order valence-electron chi connectivity index (χ2n) is 5.98. The number of hydrogen-bond acceptors (Lipinski definition) is 4. The molecule has 0 fully saturated rings. The van der Waals surface area contributed by atoms with Crippen molar-refractivity contribution < 1.29 is 4.74 Å². The summed E-state index contributed by atoms with van der Waals surface area (Å²) in [6, 6.07) is 6.27. The van der Waals surface area contributed by atoms with E-state index in [2.05, 4.69) is 53.5 Å². The standard InChI is InChI=1S/C19H28N4OS.HI/c1-13-6-7-17(24-5)16(12-13)8-10-21-19(20-4)22-11-9-18-14(2)23-15(3)25-18;/h6-7,12H,8-11H2,1-5H3,(H2,20,21,22);1H. The van der Waals surface area contributed by atoms with Crippen LogP contribution < -0.4 is 15.4 Å². The van der Waals surface area contributed by atoms with Crippen LogP contribution in [0.15, 0.2) is 23.2 Å². The lowest BCUT2D eigenvalue weighted by Crippen LogP contribution is -2.39. The fraction of sp³-hybridized carbons (Fsp3) is 0.474. The van der Waals surface area contributed by atoms with Gasteiger partial charge >= 0.3 is 0 Å². The third-order valence-corrected chi connectivity index (χ3v) is 5.12. The molecule has 0 bridgehead atoms. The van der Waals surface area contributed by atoms with Crippen LogP contribution >= 0.6 is 35.3 Å². The number of aliphatic imine (C=N–C) groups is 1. The Kier molecular flexibility index (Phi) is 9.93. The molecule has 26 heavy (non-hydrogen) atoms. The zero-order valence-electron chi connectivity index (χ0n) is 16.2. The Morgan fingerprint density at radius 1 is 1.15 bits per heavy atom. The number of aromatic nitrogens is 1. The second kappa shape index (κ2) is 11.4. The van der Waals surface area contributed by atoms with Crippen LogP contribution in [0.25, 0.3) is 0 Å². The monoisotopic (exact) mass is 488 g/mol. The molecule has 0 saturated carbocycles. The molecule has 0 aliphatic rings. The van der Waals surface area contributed by atoms with Crippen LogP contribution in [0, 0.1) is 20.8 Å². The maximum Gasteiger partial charge on any atom is 0.190 e. The Bertz CT molecular complexity index is 730. The number of thiazole rings is 1. The first-order valence-electron chi connectivity index (χ1n) is 8.54. The molecular weight excluding hydrogens is 459 g/mol. The normalized spacial score (nSPS) is 11.0. The number of halogens is 1. The summed E-state index contributed by atoms with van der Waals surface area (Å²) in [7, 11) is 3.51. The Morgan fingerprint density at radius 2 is 1.85 bits per heavy atom. The minimum absolute atomic E-state index is 0. The van der Waals surface area contributed by atoms with Crippen molar-refractivity contribution in [2.24, 2.45) is 4.99 Å². The molecule has 1 heterocycles. The maximum absolute atomic E-state index is 5.43. The van der Waals surface area contributed by atoms with Crippen molar-refractivity contribution in [2.45, 2.75) is 33.6 Å². The predicted molar refractivity (Wildman–Crippen MR) is 122 cm³/mol. The van der Waals surface area contributed by atoms with Gasteiger partial charge in [0.05, 0.1) is 17.8 Å². The van der Waals surface area contributed by atoms with E-state index in [1.807, 2.05) is 6.07 Å². The van der Waals surface area contributed by atoms with E-state index in [0.29, 0.717) is 0 Å². The molecule has 2 rings (SSSR count). The van der Waals surface area contributed by atoms with Gasteiger partial charge in [-0.3, -0.25) is 4.99 Å². The lowest BCUT2D eigenvalue weighted by Gasteiger charge is -2.13. The highest BCUT2D eigenvalue weighted by molar-refractivity contribution is 14.0. The summed E-state index contributed by atoms with van der Waals surface area (Å²) in [5, 5.41) is 7.86. The molecular formula is C19H29IN4OS. The lowest BCUT2D eigenvalue weighted by atomic mass is 10.1. The molecule has 1 aromatic heterocycles. The van der Waals surface area contributed by atoms with Crippen LogP contribution in [-0.4, -0.2) is 38.2 Å². The van der Waals surface area contributed by atoms with E-state index in [4.69, 9.17) is 4.74 Å². The number of methoxy groups -OCH3 is 1. The van der Waals surface area contributed by atoms with Crippen LogP contribution in [0.4, 0.5) is 0 Å². The number of benzene rings is 1. The van der Waals surface area contributed by atoms with Gasteiger partial charge in [0.2, 0.25) is 0 Å². The van der Waals surface area contributed by atoms with Gasteiger partial charge in [-0.05, 0) is 38.8 Å². The van der Waals surface area contributed by atoms with Crippen LogP contribution in [0.1, 0.15) is 26.7 Å². The van der Waals surface area contributed by atoms with Gasteiger partial charge in [-0.1, -0.05) is 17.7 Å². The number of ether oxygens (including phenoxy) is 1. The van der Waals surface area contributed by atoms with Gasteiger partial charge in [0.25, 0.3) is 0 Å². The van der Waals surface area contributed by atoms with Crippen molar-refractivity contribution >= 4 is 41.3 Å². The largest absolute Gasteiger partial charge is 0.496 e. The van der Waals surface area contributed by atoms with Gasteiger partial charge < -0.3 is 15.4 Å². The van der Waals surface area contributed by atoms with E-state index < -0.39 is 0 Å².